The summed E-state index contributed by atoms with van der Waals surface area (Å²) < 4.78 is 5.90. The molecule has 0 N–H and O–H groups in total. The first-order chi connectivity index (χ1) is 12.2. The minimum absolute atomic E-state index is 0.0897. The van der Waals surface area contributed by atoms with Crippen LogP contribution in [0, 0.1) is 6.92 Å². The molecule has 1 aliphatic rings. The molecule has 0 spiro atoms. The molecular formula is C20H24N2O2S. The molecule has 1 amide bonds. The van der Waals surface area contributed by atoms with Gasteiger partial charge in [-0.3, -0.25) is 4.79 Å². The van der Waals surface area contributed by atoms with Crippen molar-refractivity contribution >= 4 is 23.3 Å². The highest BCUT2D eigenvalue weighted by atomic mass is 32.1. The molecule has 0 saturated carbocycles. The van der Waals surface area contributed by atoms with Crippen LogP contribution in [0.5, 0.6) is 5.75 Å². The lowest BCUT2D eigenvalue weighted by atomic mass is 10.2. The second-order valence-corrected chi connectivity index (χ2v) is 7.32. The second kappa shape index (κ2) is 8.81. The Morgan fingerprint density at radius 1 is 1.24 bits per heavy atom. The number of hydrogen-bond acceptors (Lipinski definition) is 4. The molecule has 0 atom stereocenters. The summed E-state index contributed by atoms with van der Waals surface area (Å²) in [5, 5.41) is 3.05. The van der Waals surface area contributed by atoms with E-state index in [1.807, 2.05) is 47.5 Å². The molecule has 0 aliphatic carbocycles. The summed E-state index contributed by atoms with van der Waals surface area (Å²) in [7, 11) is 0. The SMILES string of the molecule is Cc1nc(COc2ccccc2/C=C/C(=O)N2CCCCCC2)cs1. The molecule has 0 unspecified atom stereocenters. The number of amides is 1. The maximum absolute atomic E-state index is 12.4. The predicted octanol–water partition coefficient (Wildman–Crippen LogP) is 4.45. The van der Waals surface area contributed by atoms with Gasteiger partial charge in [0.2, 0.25) is 5.91 Å². The van der Waals surface area contributed by atoms with Crippen LogP contribution < -0.4 is 4.74 Å². The van der Waals surface area contributed by atoms with E-state index in [0.717, 1.165) is 47.9 Å². The zero-order chi connectivity index (χ0) is 17.5. The number of hydrogen-bond donors (Lipinski definition) is 0. The Morgan fingerprint density at radius 2 is 2.00 bits per heavy atom. The number of carbonyl (C=O) groups is 1. The molecule has 132 valence electrons. The summed E-state index contributed by atoms with van der Waals surface area (Å²) in [4.78, 5) is 18.8. The number of carbonyl (C=O) groups excluding carboxylic acids is 1. The van der Waals surface area contributed by atoms with Crippen LogP contribution in [0.15, 0.2) is 35.7 Å². The third-order valence-electron chi connectivity index (χ3n) is 4.28. The van der Waals surface area contributed by atoms with Gasteiger partial charge in [0.25, 0.3) is 0 Å². The summed E-state index contributed by atoms with van der Waals surface area (Å²) in [6.07, 6.45) is 8.18. The summed E-state index contributed by atoms with van der Waals surface area (Å²) in [5.74, 6) is 0.861. The molecule has 1 aromatic carbocycles. The van der Waals surface area contributed by atoms with E-state index in [2.05, 4.69) is 4.98 Å². The lowest BCUT2D eigenvalue weighted by Crippen LogP contribution is -2.30. The van der Waals surface area contributed by atoms with E-state index in [-0.39, 0.29) is 5.91 Å². The molecule has 0 radical (unpaired) electrons. The Kier molecular flexibility index (Phi) is 6.23. The zero-order valence-corrected chi connectivity index (χ0v) is 15.4. The second-order valence-electron chi connectivity index (χ2n) is 6.26. The van der Waals surface area contributed by atoms with Crippen molar-refractivity contribution in [3.63, 3.8) is 0 Å². The van der Waals surface area contributed by atoms with Gasteiger partial charge in [-0.1, -0.05) is 31.0 Å². The van der Waals surface area contributed by atoms with E-state index in [1.165, 1.54) is 12.8 Å². The highest BCUT2D eigenvalue weighted by molar-refractivity contribution is 7.09. The standard InChI is InChI=1S/C20H24N2O2S/c1-16-21-18(15-25-16)14-24-19-9-5-4-8-17(19)10-11-20(23)22-12-6-2-3-7-13-22/h4-5,8-11,15H,2-3,6-7,12-14H2,1H3/b11-10+. The van der Waals surface area contributed by atoms with E-state index < -0.39 is 0 Å². The minimum atomic E-state index is 0.0897. The number of para-hydroxylation sites is 1. The lowest BCUT2D eigenvalue weighted by Gasteiger charge is -2.18. The van der Waals surface area contributed by atoms with Crippen LogP contribution >= 0.6 is 11.3 Å². The van der Waals surface area contributed by atoms with Crippen molar-refractivity contribution < 1.29 is 9.53 Å². The average Bonchev–Trinajstić information content (AvgIpc) is 2.87. The van der Waals surface area contributed by atoms with Crippen LogP contribution in [0.1, 0.15) is 41.9 Å². The van der Waals surface area contributed by atoms with Crippen molar-refractivity contribution in [3.8, 4) is 5.75 Å². The fourth-order valence-corrected chi connectivity index (χ4v) is 3.53. The van der Waals surface area contributed by atoms with Gasteiger partial charge in [0, 0.05) is 30.1 Å². The largest absolute Gasteiger partial charge is 0.487 e. The van der Waals surface area contributed by atoms with Crippen LogP contribution in [0.3, 0.4) is 0 Å². The van der Waals surface area contributed by atoms with Gasteiger partial charge >= 0.3 is 0 Å². The topological polar surface area (TPSA) is 42.4 Å². The van der Waals surface area contributed by atoms with Crippen molar-refractivity contribution in [2.45, 2.75) is 39.2 Å². The highest BCUT2D eigenvalue weighted by Crippen LogP contribution is 2.21. The maximum atomic E-state index is 12.4. The molecule has 5 heteroatoms. The van der Waals surface area contributed by atoms with E-state index >= 15 is 0 Å². The van der Waals surface area contributed by atoms with E-state index in [4.69, 9.17) is 4.74 Å². The number of ether oxygens (including phenoxy) is 1. The molecule has 3 rings (SSSR count). The Bertz CT molecular complexity index is 731. The van der Waals surface area contributed by atoms with Crippen LogP contribution in [-0.2, 0) is 11.4 Å². The molecule has 2 heterocycles. The number of nitrogens with zero attached hydrogens (tertiary/aromatic N) is 2. The quantitative estimate of drug-likeness (QED) is 0.744. The van der Waals surface area contributed by atoms with Crippen LogP contribution in [0.4, 0.5) is 0 Å². The van der Waals surface area contributed by atoms with Crippen molar-refractivity contribution in [1.82, 2.24) is 9.88 Å². The number of aryl methyl sites for hydroxylation is 1. The highest BCUT2D eigenvalue weighted by Gasteiger charge is 2.13. The van der Waals surface area contributed by atoms with Gasteiger partial charge in [-0.25, -0.2) is 4.98 Å². The third kappa shape index (κ3) is 5.16. The zero-order valence-electron chi connectivity index (χ0n) is 14.6. The molecule has 1 aliphatic heterocycles. The first-order valence-corrected chi connectivity index (χ1v) is 9.70. The van der Waals surface area contributed by atoms with E-state index in [0.29, 0.717) is 6.61 Å². The van der Waals surface area contributed by atoms with Gasteiger partial charge in [0.05, 0.1) is 10.7 Å². The number of aromatic nitrogens is 1. The first-order valence-electron chi connectivity index (χ1n) is 8.82. The molecular weight excluding hydrogens is 332 g/mol. The van der Waals surface area contributed by atoms with Gasteiger partial charge in [0.1, 0.15) is 12.4 Å². The Hall–Kier alpha value is -2.14. The average molecular weight is 356 g/mol. The Labute approximate surface area is 153 Å². The number of likely N-dealkylation sites (tertiary alicyclic amines) is 1. The van der Waals surface area contributed by atoms with Gasteiger partial charge in [-0.15, -0.1) is 11.3 Å². The normalized spacial score (nSPS) is 15.3. The number of benzene rings is 1. The van der Waals surface area contributed by atoms with Gasteiger partial charge in [-0.05, 0) is 31.9 Å². The molecule has 25 heavy (non-hydrogen) atoms. The monoisotopic (exact) mass is 356 g/mol. The molecule has 1 fully saturated rings. The van der Waals surface area contributed by atoms with Crippen LogP contribution in [0.25, 0.3) is 6.08 Å². The third-order valence-corrected chi connectivity index (χ3v) is 5.11. The Morgan fingerprint density at radius 3 is 2.72 bits per heavy atom. The van der Waals surface area contributed by atoms with Crippen molar-refractivity contribution in [2.75, 3.05) is 13.1 Å². The van der Waals surface area contributed by atoms with Crippen molar-refractivity contribution in [3.05, 3.63) is 52.0 Å². The molecule has 1 saturated heterocycles. The fourth-order valence-electron chi connectivity index (χ4n) is 2.93. The lowest BCUT2D eigenvalue weighted by molar-refractivity contribution is -0.125. The summed E-state index contributed by atoms with van der Waals surface area (Å²) in [6.45, 7) is 4.16. The summed E-state index contributed by atoms with van der Waals surface area (Å²) in [6, 6.07) is 7.79. The van der Waals surface area contributed by atoms with Crippen molar-refractivity contribution in [2.24, 2.45) is 0 Å². The van der Waals surface area contributed by atoms with E-state index in [1.54, 1.807) is 17.4 Å². The Balaban J connectivity index is 1.64. The first kappa shape index (κ1) is 17.7. The summed E-state index contributed by atoms with van der Waals surface area (Å²) >= 11 is 1.62. The summed E-state index contributed by atoms with van der Waals surface area (Å²) in [5.41, 5.74) is 1.85. The molecule has 1 aromatic heterocycles. The van der Waals surface area contributed by atoms with Crippen LogP contribution in [-0.4, -0.2) is 28.9 Å². The number of rotatable bonds is 5. The van der Waals surface area contributed by atoms with Gasteiger partial charge in [0.15, 0.2) is 0 Å². The van der Waals surface area contributed by atoms with Gasteiger partial charge < -0.3 is 9.64 Å². The molecule has 4 nitrogen and oxygen atoms in total. The maximum Gasteiger partial charge on any atom is 0.246 e. The predicted molar refractivity (Wildman–Crippen MR) is 102 cm³/mol. The number of thiazole rings is 1. The fraction of sp³-hybridized carbons (Fsp3) is 0.400. The van der Waals surface area contributed by atoms with Gasteiger partial charge in [-0.2, -0.15) is 0 Å². The molecule has 0 bridgehead atoms. The minimum Gasteiger partial charge on any atom is -0.487 e. The van der Waals surface area contributed by atoms with E-state index in [9.17, 15) is 4.79 Å². The molecule has 2 aromatic rings. The van der Waals surface area contributed by atoms with Crippen LogP contribution in [0.2, 0.25) is 0 Å². The smallest absolute Gasteiger partial charge is 0.246 e. The van der Waals surface area contributed by atoms with Crippen molar-refractivity contribution in [1.29, 1.82) is 0 Å².